The van der Waals surface area contributed by atoms with Crippen molar-refractivity contribution in [2.24, 2.45) is 0 Å². The summed E-state index contributed by atoms with van der Waals surface area (Å²) in [5, 5.41) is 15.0. The molecule has 0 saturated heterocycles. The molecular weight excluding hydrogens is 250 g/mol. The van der Waals surface area contributed by atoms with E-state index in [1.54, 1.807) is 4.68 Å². The van der Waals surface area contributed by atoms with E-state index < -0.39 is 0 Å². The number of halogens is 1. The van der Waals surface area contributed by atoms with Crippen molar-refractivity contribution in [1.29, 1.82) is 0 Å². The third kappa shape index (κ3) is 2.61. The number of nitrogens with one attached hydrogen (secondary N) is 1. The lowest BCUT2D eigenvalue weighted by atomic mass is 10.0. The minimum Gasteiger partial charge on any atom is -0.346 e. The maximum Gasteiger partial charge on any atom is 0.248 e. The predicted molar refractivity (Wildman–Crippen MR) is 72.2 cm³/mol. The van der Waals surface area contributed by atoms with Gasteiger partial charge in [-0.05, 0) is 35.9 Å². The second kappa shape index (κ2) is 5.35. The summed E-state index contributed by atoms with van der Waals surface area (Å²) >= 11 is 5.98. The zero-order valence-electron chi connectivity index (χ0n) is 10.5. The molecule has 2 rings (SSSR count). The predicted octanol–water partition coefficient (Wildman–Crippen LogP) is 2.48. The molecule has 0 spiro atoms. The molecule has 0 fully saturated rings. The van der Waals surface area contributed by atoms with E-state index in [-0.39, 0.29) is 5.54 Å². The molecule has 0 amide bonds. The summed E-state index contributed by atoms with van der Waals surface area (Å²) in [5.74, 6) is 1.09. The Morgan fingerprint density at radius 2 is 2.06 bits per heavy atom. The monoisotopic (exact) mass is 265 g/mol. The lowest BCUT2D eigenvalue weighted by molar-refractivity contribution is 0.545. The molecule has 1 aromatic carbocycles. The third-order valence-electron chi connectivity index (χ3n) is 2.96. The molecule has 96 valence electrons. The highest BCUT2D eigenvalue weighted by Gasteiger charge is 2.23. The molecule has 0 aliphatic heterocycles. The molecule has 0 aliphatic carbocycles. The Morgan fingerprint density at radius 3 is 2.67 bits per heavy atom. The fraction of sp³-hybridized carbons (Fsp3) is 0.417. The van der Waals surface area contributed by atoms with Crippen molar-refractivity contribution in [2.45, 2.75) is 25.8 Å². The number of para-hydroxylation sites is 1. The van der Waals surface area contributed by atoms with Crippen LogP contribution in [0.25, 0.3) is 5.69 Å². The van der Waals surface area contributed by atoms with Crippen molar-refractivity contribution in [3.05, 3.63) is 30.3 Å². The number of tetrazole rings is 1. The highest BCUT2D eigenvalue weighted by Crippen LogP contribution is 2.19. The average Bonchev–Trinajstić information content (AvgIpc) is 2.87. The van der Waals surface area contributed by atoms with Crippen molar-refractivity contribution in [3.8, 4) is 5.69 Å². The Balaban J connectivity index is 2.29. The molecule has 1 aromatic heterocycles. The van der Waals surface area contributed by atoms with Gasteiger partial charge in [0.2, 0.25) is 5.95 Å². The summed E-state index contributed by atoms with van der Waals surface area (Å²) < 4.78 is 1.67. The van der Waals surface area contributed by atoms with Crippen LogP contribution in [0.15, 0.2) is 30.3 Å². The van der Waals surface area contributed by atoms with Gasteiger partial charge in [-0.25, -0.2) is 0 Å². The van der Waals surface area contributed by atoms with Crippen molar-refractivity contribution in [2.75, 3.05) is 11.2 Å². The summed E-state index contributed by atoms with van der Waals surface area (Å²) in [4.78, 5) is 0. The normalized spacial score (nSPS) is 14.2. The molecule has 2 aromatic rings. The van der Waals surface area contributed by atoms with Gasteiger partial charge in [-0.1, -0.05) is 30.2 Å². The zero-order chi connectivity index (χ0) is 13.0. The second-order valence-electron chi connectivity index (χ2n) is 4.42. The highest BCUT2D eigenvalue weighted by atomic mass is 35.5. The van der Waals surface area contributed by atoms with Crippen LogP contribution in [0.2, 0.25) is 0 Å². The molecule has 0 radical (unpaired) electrons. The molecule has 0 saturated carbocycles. The molecule has 5 nitrogen and oxygen atoms in total. The Labute approximate surface area is 111 Å². The Morgan fingerprint density at radius 1 is 1.33 bits per heavy atom. The van der Waals surface area contributed by atoms with Gasteiger partial charge in [0.15, 0.2) is 0 Å². The summed E-state index contributed by atoms with van der Waals surface area (Å²) in [6.07, 6.45) is 0.887. The number of aromatic nitrogens is 4. The minimum absolute atomic E-state index is 0.219. The first kappa shape index (κ1) is 12.8. The molecule has 6 heteroatoms. The fourth-order valence-electron chi connectivity index (χ4n) is 1.49. The molecule has 1 N–H and O–H groups in total. The quantitative estimate of drug-likeness (QED) is 0.844. The van der Waals surface area contributed by atoms with Crippen molar-refractivity contribution < 1.29 is 0 Å². The van der Waals surface area contributed by atoms with Crippen molar-refractivity contribution in [1.82, 2.24) is 20.2 Å². The van der Waals surface area contributed by atoms with Crippen molar-refractivity contribution >= 4 is 17.5 Å². The van der Waals surface area contributed by atoms with Gasteiger partial charge in [0.25, 0.3) is 0 Å². The summed E-state index contributed by atoms with van der Waals surface area (Å²) in [5.41, 5.74) is 0.695. The van der Waals surface area contributed by atoms with Crippen molar-refractivity contribution in [3.63, 3.8) is 0 Å². The van der Waals surface area contributed by atoms with Crippen LogP contribution >= 0.6 is 11.6 Å². The second-order valence-corrected chi connectivity index (χ2v) is 4.69. The van der Waals surface area contributed by atoms with E-state index >= 15 is 0 Å². The van der Waals surface area contributed by atoms with E-state index in [9.17, 15) is 0 Å². The van der Waals surface area contributed by atoms with Crippen LogP contribution in [-0.2, 0) is 0 Å². The van der Waals surface area contributed by atoms with Gasteiger partial charge in [-0.2, -0.15) is 4.68 Å². The molecule has 1 atom stereocenters. The van der Waals surface area contributed by atoms with Crippen LogP contribution in [0.4, 0.5) is 5.95 Å². The Bertz CT molecular complexity index is 492. The van der Waals surface area contributed by atoms with Gasteiger partial charge >= 0.3 is 0 Å². The SMILES string of the molecule is CCC(C)(CCl)Nc1nnnn1-c1ccccc1. The fourth-order valence-corrected chi connectivity index (χ4v) is 1.75. The number of hydrogen-bond donors (Lipinski definition) is 1. The summed E-state index contributed by atoms with van der Waals surface area (Å²) in [6, 6.07) is 9.75. The minimum atomic E-state index is -0.219. The number of hydrogen-bond acceptors (Lipinski definition) is 4. The maximum absolute atomic E-state index is 5.98. The largest absolute Gasteiger partial charge is 0.346 e. The van der Waals surface area contributed by atoms with Gasteiger partial charge in [0.1, 0.15) is 0 Å². The topological polar surface area (TPSA) is 55.6 Å². The van der Waals surface area contributed by atoms with Crippen LogP contribution in [0.3, 0.4) is 0 Å². The van der Waals surface area contributed by atoms with Crippen LogP contribution in [0.5, 0.6) is 0 Å². The van der Waals surface area contributed by atoms with Crippen LogP contribution in [0.1, 0.15) is 20.3 Å². The summed E-state index contributed by atoms with van der Waals surface area (Å²) in [6.45, 7) is 4.12. The van der Waals surface area contributed by atoms with E-state index in [0.29, 0.717) is 11.8 Å². The smallest absolute Gasteiger partial charge is 0.248 e. The lowest BCUT2D eigenvalue weighted by Gasteiger charge is -2.27. The van der Waals surface area contributed by atoms with Crippen LogP contribution in [-0.4, -0.2) is 31.6 Å². The molecule has 0 aliphatic rings. The first-order valence-corrected chi connectivity index (χ1v) is 6.40. The van der Waals surface area contributed by atoms with Crippen LogP contribution < -0.4 is 5.32 Å². The first-order chi connectivity index (χ1) is 8.68. The van der Waals surface area contributed by atoms with E-state index in [1.165, 1.54) is 0 Å². The molecular formula is C12H16ClN5. The van der Waals surface area contributed by atoms with E-state index in [4.69, 9.17) is 11.6 Å². The first-order valence-electron chi connectivity index (χ1n) is 5.86. The lowest BCUT2D eigenvalue weighted by Crippen LogP contribution is -2.37. The molecule has 1 unspecified atom stereocenters. The zero-order valence-corrected chi connectivity index (χ0v) is 11.2. The molecule has 18 heavy (non-hydrogen) atoms. The number of alkyl halides is 1. The van der Waals surface area contributed by atoms with Gasteiger partial charge < -0.3 is 5.32 Å². The van der Waals surface area contributed by atoms with E-state index in [1.807, 2.05) is 37.3 Å². The number of nitrogens with zero attached hydrogens (tertiary/aromatic N) is 4. The maximum atomic E-state index is 5.98. The van der Waals surface area contributed by atoms with E-state index in [0.717, 1.165) is 12.1 Å². The third-order valence-corrected chi connectivity index (χ3v) is 3.55. The number of anilines is 1. The Kier molecular flexibility index (Phi) is 3.81. The van der Waals surface area contributed by atoms with Gasteiger partial charge in [-0.15, -0.1) is 11.6 Å². The number of rotatable bonds is 5. The highest BCUT2D eigenvalue weighted by molar-refractivity contribution is 6.18. The molecule has 1 heterocycles. The van der Waals surface area contributed by atoms with Crippen LogP contribution in [0, 0.1) is 0 Å². The van der Waals surface area contributed by atoms with Gasteiger partial charge in [0, 0.05) is 5.88 Å². The van der Waals surface area contributed by atoms with Gasteiger partial charge in [0.05, 0.1) is 11.2 Å². The average molecular weight is 266 g/mol. The Hall–Kier alpha value is -1.62. The van der Waals surface area contributed by atoms with Gasteiger partial charge in [-0.3, -0.25) is 0 Å². The standard InChI is InChI=1S/C12H16ClN5/c1-3-12(2,9-13)14-11-15-16-17-18(11)10-7-5-4-6-8-10/h4-8H,3,9H2,1-2H3,(H,14,15,17). The molecule has 0 bridgehead atoms. The summed E-state index contributed by atoms with van der Waals surface area (Å²) in [7, 11) is 0. The number of benzene rings is 1. The van der Waals surface area contributed by atoms with E-state index in [2.05, 4.69) is 27.8 Å².